The molecule has 0 heterocycles. The molecule has 2 aromatic rings. The summed E-state index contributed by atoms with van der Waals surface area (Å²) in [6.07, 6.45) is 0. The number of hydrogen-bond donors (Lipinski definition) is 1. The van der Waals surface area contributed by atoms with Crippen molar-refractivity contribution in [2.45, 2.75) is 127 Å². The Hall–Kier alpha value is -1.09. The number of aryl methyl sites for hydroxylation is 4. The van der Waals surface area contributed by atoms with Gasteiger partial charge in [0.2, 0.25) is 0 Å². The first kappa shape index (κ1) is 39.4. The van der Waals surface area contributed by atoms with Crippen LogP contribution >= 0.6 is 31.9 Å². The van der Waals surface area contributed by atoms with E-state index in [1.54, 1.807) is 11.1 Å². The van der Waals surface area contributed by atoms with E-state index in [9.17, 15) is 0 Å². The van der Waals surface area contributed by atoms with Crippen molar-refractivity contribution in [2.75, 3.05) is 16.1 Å². The third-order valence-corrected chi connectivity index (χ3v) is 21.4. The Kier molecular flexibility index (Phi) is 12.7. The van der Waals surface area contributed by atoms with Crippen LogP contribution in [0.3, 0.4) is 0 Å². The molecule has 0 aromatic heterocycles. The highest BCUT2D eigenvalue weighted by molar-refractivity contribution is 9.11. The molecule has 2 aliphatic rings. The lowest BCUT2D eigenvalue weighted by atomic mass is 9.92. The van der Waals surface area contributed by atoms with E-state index in [-0.39, 0.29) is 0 Å². The fraction of sp³-hybridized carbons (Fsp3) is 0.600. The van der Waals surface area contributed by atoms with Crippen LogP contribution in [-0.2, 0) is 0 Å². The van der Waals surface area contributed by atoms with Crippen molar-refractivity contribution in [3.05, 3.63) is 77.8 Å². The molecule has 256 valence electrons. The lowest BCUT2D eigenvalue weighted by Crippen LogP contribution is -2.55. The number of halogens is 2. The SMILES string of the molecule is CC1=C(C)C([Si](C)(C)Nc2c(C)cc(C)cc2Br)C(C)=C1C.CCN(c1c(C)cc(C)cc1Br)[Si](C)(C)C1C(C)C(C)C(C)C1C. The first-order chi connectivity index (χ1) is 21.1. The Labute approximate surface area is 302 Å². The summed E-state index contributed by atoms with van der Waals surface area (Å²) in [5.74, 6) is 3.29. The van der Waals surface area contributed by atoms with Gasteiger partial charge >= 0.3 is 0 Å². The van der Waals surface area contributed by atoms with Crippen LogP contribution in [0.1, 0.15) is 84.6 Å². The zero-order valence-electron chi connectivity index (χ0n) is 32.2. The van der Waals surface area contributed by atoms with Crippen LogP contribution in [0.4, 0.5) is 11.4 Å². The van der Waals surface area contributed by atoms with Crippen molar-refractivity contribution in [3.8, 4) is 0 Å². The fourth-order valence-corrected chi connectivity index (χ4v) is 20.5. The summed E-state index contributed by atoms with van der Waals surface area (Å²) in [5, 5.41) is 0. The van der Waals surface area contributed by atoms with Gasteiger partial charge in [0.1, 0.15) is 0 Å². The number of allylic oxidation sites excluding steroid dienone is 4. The van der Waals surface area contributed by atoms with Crippen LogP contribution in [0.5, 0.6) is 0 Å². The molecule has 0 saturated heterocycles. The van der Waals surface area contributed by atoms with E-state index in [1.165, 1.54) is 53.7 Å². The van der Waals surface area contributed by atoms with Gasteiger partial charge in [0.25, 0.3) is 0 Å². The van der Waals surface area contributed by atoms with Crippen molar-refractivity contribution in [3.63, 3.8) is 0 Å². The second kappa shape index (κ2) is 14.8. The van der Waals surface area contributed by atoms with E-state index in [0.717, 1.165) is 35.8 Å². The van der Waals surface area contributed by atoms with Crippen LogP contribution < -0.4 is 9.55 Å². The van der Waals surface area contributed by atoms with Crippen molar-refractivity contribution < 1.29 is 0 Å². The van der Waals surface area contributed by atoms with Gasteiger partial charge < -0.3 is 9.55 Å². The number of anilines is 2. The summed E-state index contributed by atoms with van der Waals surface area (Å²) in [5.41, 5.74) is 15.6. The van der Waals surface area contributed by atoms with Crippen molar-refractivity contribution in [1.29, 1.82) is 0 Å². The molecule has 2 nitrogen and oxygen atoms in total. The Balaban J connectivity index is 0.000000251. The normalized spacial score (nSPS) is 24.0. The lowest BCUT2D eigenvalue weighted by Gasteiger charge is -2.47. The predicted molar refractivity (Wildman–Crippen MR) is 220 cm³/mol. The van der Waals surface area contributed by atoms with Crippen LogP contribution in [0, 0.1) is 51.4 Å². The minimum atomic E-state index is -1.70. The summed E-state index contributed by atoms with van der Waals surface area (Å²) >= 11 is 7.62. The minimum Gasteiger partial charge on any atom is -0.409 e. The average molecular weight is 789 g/mol. The number of hydrogen-bond acceptors (Lipinski definition) is 2. The van der Waals surface area contributed by atoms with E-state index in [4.69, 9.17) is 0 Å². The summed E-state index contributed by atoms with van der Waals surface area (Å²) in [7, 11) is -3.32. The monoisotopic (exact) mass is 786 g/mol. The zero-order chi connectivity index (χ0) is 35.2. The second-order valence-corrected chi connectivity index (χ2v) is 26.6. The maximum Gasteiger partial charge on any atom is 0.158 e. The van der Waals surface area contributed by atoms with Crippen LogP contribution in [0.2, 0.25) is 37.3 Å². The van der Waals surface area contributed by atoms with Crippen molar-refractivity contribution in [1.82, 2.24) is 0 Å². The molecule has 6 heteroatoms. The molecule has 2 aromatic carbocycles. The lowest BCUT2D eigenvalue weighted by molar-refractivity contribution is 0.352. The van der Waals surface area contributed by atoms with E-state index in [0.29, 0.717) is 5.54 Å². The van der Waals surface area contributed by atoms with Crippen LogP contribution in [0.15, 0.2) is 55.5 Å². The van der Waals surface area contributed by atoms with E-state index >= 15 is 0 Å². The highest BCUT2D eigenvalue weighted by Gasteiger charge is 2.52. The van der Waals surface area contributed by atoms with E-state index < -0.39 is 16.5 Å². The number of benzene rings is 2. The Morgan fingerprint density at radius 2 is 1.09 bits per heavy atom. The summed E-state index contributed by atoms with van der Waals surface area (Å²) in [4.78, 5) is 3.95. The topological polar surface area (TPSA) is 15.3 Å². The van der Waals surface area contributed by atoms with Crippen LogP contribution in [0.25, 0.3) is 0 Å². The molecule has 4 rings (SSSR count). The molecule has 4 atom stereocenters. The molecule has 1 N–H and O–H groups in total. The smallest absolute Gasteiger partial charge is 0.158 e. The predicted octanol–water partition coefficient (Wildman–Crippen LogP) is 13.8. The molecule has 1 saturated carbocycles. The molecule has 0 amide bonds. The van der Waals surface area contributed by atoms with Crippen molar-refractivity contribution >= 4 is 59.7 Å². The second-order valence-electron chi connectivity index (χ2n) is 16.1. The van der Waals surface area contributed by atoms with Gasteiger partial charge in [-0.3, -0.25) is 0 Å². The minimum absolute atomic E-state index is 0.583. The third-order valence-electron chi connectivity index (χ3n) is 12.3. The number of nitrogens with zero attached hydrogens (tertiary/aromatic N) is 1. The molecule has 0 spiro atoms. The standard InChI is InChI=1S/C21H36BrNSi.C19H28BrNSi/c1-10-23(20-14(3)11-13(2)12-19(20)22)24(8,9)21-17(6)15(4)16(5)18(21)7;1-11-9-12(2)18(17(20)10-11)21-22(7,8)19-15(5)13(3)14(4)16(19)6/h11-12,15-18,21H,10H2,1-9H3;9-10,19,21H,1-8H3. The molecule has 0 radical (unpaired) electrons. The molecule has 1 fully saturated rings. The first-order valence-electron chi connectivity index (χ1n) is 17.5. The quantitative estimate of drug-likeness (QED) is 0.281. The molecule has 46 heavy (non-hydrogen) atoms. The van der Waals surface area contributed by atoms with Gasteiger partial charge in [-0.05, 0) is 169 Å². The van der Waals surface area contributed by atoms with Gasteiger partial charge in [0.05, 0.1) is 0 Å². The fourth-order valence-electron chi connectivity index (χ4n) is 9.56. The summed E-state index contributed by atoms with van der Waals surface area (Å²) < 4.78 is 5.23. The molecular formula is C40H64Br2N2Si2. The highest BCUT2D eigenvalue weighted by Crippen LogP contribution is 2.55. The Morgan fingerprint density at radius 3 is 1.50 bits per heavy atom. The molecule has 0 aliphatic heterocycles. The first-order valence-corrected chi connectivity index (χ1v) is 25.2. The number of nitrogens with one attached hydrogen (secondary N) is 1. The summed E-state index contributed by atoms with van der Waals surface area (Å²) in [6, 6.07) is 9.08. The molecular weight excluding hydrogens is 724 g/mol. The maximum atomic E-state index is 3.95. The van der Waals surface area contributed by atoms with Gasteiger partial charge in [-0.15, -0.1) is 0 Å². The summed E-state index contributed by atoms with van der Waals surface area (Å²) in [6.45, 7) is 41.5. The zero-order valence-corrected chi connectivity index (χ0v) is 37.4. The van der Waals surface area contributed by atoms with E-state index in [1.807, 2.05) is 0 Å². The molecule has 4 unspecified atom stereocenters. The Morgan fingerprint density at radius 1 is 0.652 bits per heavy atom. The molecule has 2 aliphatic carbocycles. The third kappa shape index (κ3) is 7.55. The Bertz CT molecular complexity index is 1420. The van der Waals surface area contributed by atoms with Gasteiger partial charge in [-0.25, -0.2) is 0 Å². The average Bonchev–Trinajstić information content (AvgIpc) is 3.26. The van der Waals surface area contributed by atoms with Crippen molar-refractivity contribution in [2.24, 2.45) is 23.7 Å². The van der Waals surface area contributed by atoms with E-state index in [2.05, 4.69) is 182 Å². The number of rotatable bonds is 7. The highest BCUT2D eigenvalue weighted by atomic mass is 79.9. The largest absolute Gasteiger partial charge is 0.409 e. The maximum absolute atomic E-state index is 3.95. The molecule has 0 bridgehead atoms. The van der Waals surface area contributed by atoms with Crippen LogP contribution in [-0.4, -0.2) is 23.0 Å². The van der Waals surface area contributed by atoms with Gasteiger partial charge in [-0.2, -0.15) is 0 Å². The van der Waals surface area contributed by atoms with Gasteiger partial charge in [-0.1, -0.05) is 77.2 Å². The van der Waals surface area contributed by atoms with Gasteiger partial charge in [0, 0.05) is 32.4 Å². The van der Waals surface area contributed by atoms with Gasteiger partial charge in [0.15, 0.2) is 16.5 Å².